The standard InChI is InChI=1S/C20H18N2O5/c1-2-25-20(24)15-8-10-16(11-9-15)21-19(23)17-12-18(22-27-17)26-13-14-6-4-3-5-7-14/h3-12H,2,13H2,1H3,(H,21,23). The van der Waals surface area contributed by atoms with E-state index >= 15 is 0 Å². The summed E-state index contributed by atoms with van der Waals surface area (Å²) < 4.78 is 15.4. The second-order valence-corrected chi connectivity index (χ2v) is 5.56. The first kappa shape index (κ1) is 18.2. The van der Waals surface area contributed by atoms with Crippen molar-refractivity contribution in [1.82, 2.24) is 5.16 Å². The smallest absolute Gasteiger partial charge is 0.338 e. The van der Waals surface area contributed by atoms with Crippen molar-refractivity contribution in [2.24, 2.45) is 0 Å². The third-order valence-electron chi connectivity index (χ3n) is 3.60. The number of benzene rings is 2. The Kier molecular flexibility index (Phi) is 5.84. The molecule has 0 aliphatic carbocycles. The third-order valence-corrected chi connectivity index (χ3v) is 3.60. The predicted molar refractivity (Wildman–Crippen MR) is 97.6 cm³/mol. The van der Waals surface area contributed by atoms with Crippen LogP contribution in [0.1, 0.15) is 33.4 Å². The lowest BCUT2D eigenvalue weighted by Crippen LogP contribution is -2.11. The van der Waals surface area contributed by atoms with Gasteiger partial charge in [0.15, 0.2) is 0 Å². The second-order valence-electron chi connectivity index (χ2n) is 5.56. The van der Waals surface area contributed by atoms with Crippen molar-refractivity contribution in [3.05, 3.63) is 77.6 Å². The fourth-order valence-electron chi connectivity index (χ4n) is 2.26. The van der Waals surface area contributed by atoms with Crippen LogP contribution >= 0.6 is 0 Å². The highest BCUT2D eigenvalue weighted by atomic mass is 16.5. The number of amides is 1. The van der Waals surface area contributed by atoms with E-state index in [1.807, 2.05) is 30.3 Å². The van der Waals surface area contributed by atoms with Crippen molar-refractivity contribution in [3.8, 4) is 5.88 Å². The van der Waals surface area contributed by atoms with Gasteiger partial charge < -0.3 is 19.3 Å². The lowest BCUT2D eigenvalue weighted by molar-refractivity contribution is 0.0526. The van der Waals surface area contributed by atoms with E-state index in [9.17, 15) is 9.59 Å². The molecule has 27 heavy (non-hydrogen) atoms. The minimum absolute atomic E-state index is 0.0209. The maximum absolute atomic E-state index is 12.2. The van der Waals surface area contributed by atoms with Crippen molar-refractivity contribution in [1.29, 1.82) is 0 Å². The van der Waals surface area contributed by atoms with Crippen molar-refractivity contribution in [2.75, 3.05) is 11.9 Å². The number of nitrogens with zero attached hydrogens (tertiary/aromatic N) is 1. The highest BCUT2D eigenvalue weighted by Gasteiger charge is 2.15. The zero-order chi connectivity index (χ0) is 19.1. The average Bonchev–Trinajstić information content (AvgIpc) is 3.17. The molecule has 1 heterocycles. The molecule has 0 bridgehead atoms. The SMILES string of the molecule is CCOC(=O)c1ccc(NC(=O)c2cc(OCc3ccccc3)no2)cc1. The van der Waals surface area contributed by atoms with E-state index < -0.39 is 11.9 Å². The highest BCUT2D eigenvalue weighted by molar-refractivity contribution is 6.02. The molecule has 3 rings (SSSR count). The summed E-state index contributed by atoms with van der Waals surface area (Å²) in [5.41, 5.74) is 1.90. The van der Waals surface area contributed by atoms with Gasteiger partial charge in [-0.05, 0) is 41.9 Å². The predicted octanol–water partition coefficient (Wildman–Crippen LogP) is 3.68. The molecule has 0 unspecified atom stereocenters. The summed E-state index contributed by atoms with van der Waals surface area (Å²) in [4.78, 5) is 23.9. The van der Waals surface area contributed by atoms with Gasteiger partial charge in [0.2, 0.25) is 5.76 Å². The number of aromatic nitrogens is 1. The molecule has 0 saturated carbocycles. The van der Waals surface area contributed by atoms with Crippen LogP contribution in [0.15, 0.2) is 65.2 Å². The number of hydrogen-bond acceptors (Lipinski definition) is 6. The molecule has 1 aromatic heterocycles. The van der Waals surface area contributed by atoms with Crippen molar-refractivity contribution >= 4 is 17.6 Å². The van der Waals surface area contributed by atoms with Crippen LogP contribution in [0, 0.1) is 0 Å². The number of anilines is 1. The maximum Gasteiger partial charge on any atom is 0.338 e. The zero-order valence-corrected chi connectivity index (χ0v) is 14.7. The zero-order valence-electron chi connectivity index (χ0n) is 14.7. The Morgan fingerprint density at radius 2 is 1.81 bits per heavy atom. The summed E-state index contributed by atoms with van der Waals surface area (Å²) in [5.74, 6) is -0.638. The molecule has 3 aromatic rings. The van der Waals surface area contributed by atoms with Crippen LogP contribution in [0.3, 0.4) is 0 Å². The van der Waals surface area contributed by atoms with Crippen molar-refractivity contribution < 1.29 is 23.6 Å². The van der Waals surface area contributed by atoms with Crippen molar-refractivity contribution in [3.63, 3.8) is 0 Å². The van der Waals surface area contributed by atoms with E-state index in [1.54, 1.807) is 31.2 Å². The van der Waals surface area contributed by atoms with E-state index in [1.165, 1.54) is 6.07 Å². The Bertz CT molecular complexity index is 904. The number of nitrogens with one attached hydrogen (secondary N) is 1. The van der Waals surface area contributed by atoms with E-state index in [4.69, 9.17) is 14.0 Å². The lowest BCUT2D eigenvalue weighted by Gasteiger charge is -2.04. The molecule has 7 heteroatoms. The number of rotatable bonds is 7. The highest BCUT2D eigenvalue weighted by Crippen LogP contribution is 2.16. The Balaban J connectivity index is 1.57. The minimum atomic E-state index is -0.471. The van der Waals surface area contributed by atoms with Crippen LogP contribution in [-0.2, 0) is 11.3 Å². The Morgan fingerprint density at radius 3 is 2.52 bits per heavy atom. The molecule has 0 atom stereocenters. The molecule has 0 saturated heterocycles. The number of ether oxygens (including phenoxy) is 2. The summed E-state index contributed by atoms with van der Waals surface area (Å²) in [6, 6.07) is 17.4. The van der Waals surface area contributed by atoms with E-state index in [0.29, 0.717) is 24.5 Å². The van der Waals surface area contributed by atoms with Gasteiger partial charge in [0.1, 0.15) is 6.61 Å². The largest absolute Gasteiger partial charge is 0.471 e. The summed E-state index contributed by atoms with van der Waals surface area (Å²) in [6.45, 7) is 2.36. The first-order valence-electron chi connectivity index (χ1n) is 8.37. The number of carbonyl (C=O) groups excluding carboxylic acids is 2. The average molecular weight is 366 g/mol. The number of esters is 1. The topological polar surface area (TPSA) is 90.7 Å². The summed E-state index contributed by atoms with van der Waals surface area (Å²) >= 11 is 0. The molecule has 1 N–H and O–H groups in total. The van der Waals surface area contributed by atoms with Gasteiger partial charge in [0, 0.05) is 5.69 Å². The van der Waals surface area contributed by atoms with Gasteiger partial charge in [-0.15, -0.1) is 0 Å². The molecule has 0 spiro atoms. The molecular weight excluding hydrogens is 348 g/mol. The van der Waals surface area contributed by atoms with Gasteiger partial charge in [-0.1, -0.05) is 30.3 Å². The van der Waals surface area contributed by atoms with Crippen LogP contribution < -0.4 is 10.1 Å². The van der Waals surface area contributed by atoms with E-state index in [-0.39, 0.29) is 11.6 Å². The second kappa shape index (κ2) is 8.66. The van der Waals surface area contributed by atoms with Gasteiger partial charge in [-0.3, -0.25) is 4.79 Å². The van der Waals surface area contributed by atoms with Gasteiger partial charge in [-0.25, -0.2) is 4.79 Å². The molecule has 7 nitrogen and oxygen atoms in total. The van der Waals surface area contributed by atoms with Gasteiger partial charge >= 0.3 is 5.97 Å². The molecule has 1 amide bonds. The maximum atomic E-state index is 12.2. The Morgan fingerprint density at radius 1 is 1.07 bits per heavy atom. The molecule has 0 aliphatic rings. The van der Waals surface area contributed by atoms with Gasteiger partial charge in [0.25, 0.3) is 11.8 Å². The summed E-state index contributed by atoms with van der Waals surface area (Å²) in [7, 11) is 0. The van der Waals surface area contributed by atoms with Gasteiger partial charge in [-0.2, -0.15) is 0 Å². The number of carbonyl (C=O) groups is 2. The Hall–Kier alpha value is -3.61. The summed E-state index contributed by atoms with van der Waals surface area (Å²) in [6.07, 6.45) is 0. The third kappa shape index (κ3) is 4.94. The lowest BCUT2D eigenvalue weighted by atomic mass is 10.2. The fraction of sp³-hybridized carbons (Fsp3) is 0.150. The van der Waals surface area contributed by atoms with E-state index in [0.717, 1.165) is 5.56 Å². The Labute approximate surface area is 155 Å². The molecule has 0 radical (unpaired) electrons. The number of hydrogen-bond donors (Lipinski definition) is 1. The molecule has 2 aromatic carbocycles. The normalized spacial score (nSPS) is 10.3. The first-order chi connectivity index (χ1) is 13.2. The van der Waals surface area contributed by atoms with Crippen LogP contribution in [0.2, 0.25) is 0 Å². The van der Waals surface area contributed by atoms with Crippen LogP contribution in [0.5, 0.6) is 5.88 Å². The molecule has 138 valence electrons. The van der Waals surface area contributed by atoms with Gasteiger partial charge in [0.05, 0.1) is 18.2 Å². The van der Waals surface area contributed by atoms with Crippen LogP contribution in [-0.4, -0.2) is 23.6 Å². The molecule has 0 fully saturated rings. The quantitative estimate of drug-likeness (QED) is 0.642. The minimum Gasteiger partial charge on any atom is -0.471 e. The van der Waals surface area contributed by atoms with Crippen LogP contribution in [0.4, 0.5) is 5.69 Å². The fourth-order valence-corrected chi connectivity index (χ4v) is 2.26. The molecular formula is C20H18N2O5. The van der Waals surface area contributed by atoms with E-state index in [2.05, 4.69) is 10.5 Å². The monoisotopic (exact) mass is 366 g/mol. The van der Waals surface area contributed by atoms with Crippen molar-refractivity contribution in [2.45, 2.75) is 13.5 Å². The first-order valence-corrected chi connectivity index (χ1v) is 8.37. The van der Waals surface area contributed by atoms with Crippen LogP contribution in [0.25, 0.3) is 0 Å². The summed E-state index contributed by atoms with van der Waals surface area (Å²) in [5, 5.41) is 6.40. The molecule has 0 aliphatic heterocycles.